The van der Waals surface area contributed by atoms with Gasteiger partial charge in [-0.1, -0.05) is 15.9 Å². The van der Waals surface area contributed by atoms with Crippen LogP contribution in [0.3, 0.4) is 0 Å². The van der Waals surface area contributed by atoms with Crippen LogP contribution in [0.5, 0.6) is 0 Å². The van der Waals surface area contributed by atoms with Crippen LogP contribution in [0.25, 0.3) is 0 Å². The number of nitrogens with zero attached hydrogens (tertiary/aromatic N) is 1. The summed E-state index contributed by atoms with van der Waals surface area (Å²) in [6.45, 7) is 0.315. The number of hydrogen-bond donors (Lipinski definition) is 2. The Morgan fingerprint density at radius 1 is 1.50 bits per heavy atom. The fraction of sp³-hybridized carbons (Fsp3) is 0.667. The predicted octanol–water partition coefficient (Wildman–Crippen LogP) is 0.300. The summed E-state index contributed by atoms with van der Waals surface area (Å²) in [5.74, 6) is -2.47. The number of carboxylic acid groups (broad SMARTS) is 2. The van der Waals surface area contributed by atoms with E-state index in [-0.39, 0.29) is 30.0 Å². The maximum Gasteiger partial charge on any atom is 0.326 e. The van der Waals surface area contributed by atoms with Gasteiger partial charge in [-0.15, -0.1) is 0 Å². The zero-order valence-corrected chi connectivity index (χ0v) is 10.0. The minimum Gasteiger partial charge on any atom is -0.481 e. The summed E-state index contributed by atoms with van der Waals surface area (Å²) in [5, 5.41) is 17.4. The molecular formula is C9H12BrNO5. The van der Waals surface area contributed by atoms with Gasteiger partial charge in [-0.25, -0.2) is 4.79 Å². The highest BCUT2D eigenvalue weighted by Gasteiger charge is 2.36. The highest BCUT2D eigenvalue weighted by Crippen LogP contribution is 2.22. The lowest BCUT2D eigenvalue weighted by Gasteiger charge is -2.23. The van der Waals surface area contributed by atoms with Crippen molar-refractivity contribution >= 4 is 33.8 Å². The van der Waals surface area contributed by atoms with Gasteiger partial charge >= 0.3 is 11.9 Å². The van der Waals surface area contributed by atoms with Crippen molar-refractivity contribution in [1.29, 1.82) is 0 Å². The quantitative estimate of drug-likeness (QED) is 0.711. The number of aliphatic carboxylic acids is 2. The summed E-state index contributed by atoms with van der Waals surface area (Å²) < 4.78 is 0. The summed E-state index contributed by atoms with van der Waals surface area (Å²) in [7, 11) is 0. The second-order valence-corrected chi connectivity index (χ2v) is 4.93. The molecule has 90 valence electrons. The largest absolute Gasteiger partial charge is 0.481 e. The van der Waals surface area contributed by atoms with Gasteiger partial charge in [0.15, 0.2) is 0 Å². The second kappa shape index (κ2) is 5.29. The zero-order valence-electron chi connectivity index (χ0n) is 8.43. The van der Waals surface area contributed by atoms with E-state index in [4.69, 9.17) is 10.2 Å². The van der Waals surface area contributed by atoms with E-state index >= 15 is 0 Å². The third-order valence-electron chi connectivity index (χ3n) is 2.40. The molecule has 1 rings (SSSR count). The van der Waals surface area contributed by atoms with Gasteiger partial charge < -0.3 is 15.1 Å². The minimum atomic E-state index is -1.16. The number of rotatable bonds is 5. The van der Waals surface area contributed by atoms with Crippen molar-refractivity contribution in [2.45, 2.75) is 30.1 Å². The molecule has 1 heterocycles. The third-order valence-corrected chi connectivity index (χ3v) is 3.02. The summed E-state index contributed by atoms with van der Waals surface area (Å²) in [4.78, 5) is 34.0. The number of carbonyl (C=O) groups is 3. The summed E-state index contributed by atoms with van der Waals surface area (Å²) >= 11 is 3.24. The van der Waals surface area contributed by atoms with Crippen LogP contribution < -0.4 is 0 Å². The Labute approximate surface area is 100 Å². The SMILES string of the molecule is O=C(O)CC[C@@H](C(=O)O)N1CC(Br)CC1=O. The molecule has 0 bridgehead atoms. The maximum absolute atomic E-state index is 11.5. The van der Waals surface area contributed by atoms with Crippen LogP contribution >= 0.6 is 15.9 Å². The van der Waals surface area contributed by atoms with Crippen molar-refractivity contribution < 1.29 is 24.6 Å². The van der Waals surface area contributed by atoms with E-state index in [1.54, 1.807) is 0 Å². The molecule has 0 saturated carbocycles. The number of halogens is 1. The van der Waals surface area contributed by atoms with Gasteiger partial charge in [0.1, 0.15) is 6.04 Å². The highest BCUT2D eigenvalue weighted by molar-refractivity contribution is 9.09. The van der Waals surface area contributed by atoms with Crippen molar-refractivity contribution in [2.24, 2.45) is 0 Å². The van der Waals surface area contributed by atoms with Gasteiger partial charge in [-0.3, -0.25) is 9.59 Å². The number of amides is 1. The average Bonchev–Trinajstić information content (AvgIpc) is 2.45. The van der Waals surface area contributed by atoms with E-state index in [1.807, 2.05) is 0 Å². The average molecular weight is 294 g/mol. The molecule has 0 radical (unpaired) electrons. The Morgan fingerprint density at radius 2 is 2.12 bits per heavy atom. The molecule has 7 heteroatoms. The fourth-order valence-corrected chi connectivity index (χ4v) is 2.25. The molecule has 0 aromatic rings. The lowest BCUT2D eigenvalue weighted by atomic mass is 10.1. The van der Waals surface area contributed by atoms with E-state index in [2.05, 4.69) is 15.9 Å². The first-order chi connectivity index (χ1) is 7.41. The molecule has 1 saturated heterocycles. The van der Waals surface area contributed by atoms with Gasteiger partial charge in [0.2, 0.25) is 5.91 Å². The summed E-state index contributed by atoms with van der Waals surface area (Å²) in [6.07, 6.45) is -0.0549. The van der Waals surface area contributed by atoms with Crippen molar-refractivity contribution in [3.05, 3.63) is 0 Å². The Balaban J connectivity index is 2.66. The molecular weight excluding hydrogens is 282 g/mol. The molecule has 6 nitrogen and oxygen atoms in total. The Bertz CT molecular complexity index is 319. The number of hydrogen-bond acceptors (Lipinski definition) is 3. The first-order valence-corrected chi connectivity index (χ1v) is 5.71. The van der Waals surface area contributed by atoms with Crippen molar-refractivity contribution in [2.75, 3.05) is 6.54 Å². The van der Waals surface area contributed by atoms with Gasteiger partial charge in [0.25, 0.3) is 0 Å². The van der Waals surface area contributed by atoms with Crippen LogP contribution in [0.2, 0.25) is 0 Å². The Hall–Kier alpha value is -1.11. The monoisotopic (exact) mass is 293 g/mol. The number of alkyl halides is 1. The molecule has 1 fully saturated rings. The summed E-state index contributed by atoms with van der Waals surface area (Å²) in [5.41, 5.74) is 0. The first-order valence-electron chi connectivity index (χ1n) is 4.80. The molecule has 1 amide bonds. The number of carbonyl (C=O) groups excluding carboxylic acids is 1. The molecule has 16 heavy (non-hydrogen) atoms. The molecule has 0 aliphatic carbocycles. The highest BCUT2D eigenvalue weighted by atomic mass is 79.9. The number of likely N-dealkylation sites (tertiary alicyclic amines) is 1. The fourth-order valence-electron chi connectivity index (χ4n) is 1.66. The first kappa shape index (κ1) is 13.0. The van der Waals surface area contributed by atoms with E-state index in [0.29, 0.717) is 6.54 Å². The smallest absolute Gasteiger partial charge is 0.326 e. The molecule has 2 N–H and O–H groups in total. The summed E-state index contributed by atoms with van der Waals surface area (Å²) in [6, 6.07) is -1.04. The van der Waals surface area contributed by atoms with Crippen LogP contribution in [0, 0.1) is 0 Å². The predicted molar refractivity (Wildman–Crippen MR) is 57.3 cm³/mol. The van der Waals surface area contributed by atoms with E-state index < -0.39 is 18.0 Å². The molecule has 1 aliphatic heterocycles. The van der Waals surface area contributed by atoms with Crippen LogP contribution in [-0.4, -0.2) is 50.4 Å². The molecule has 1 unspecified atom stereocenters. The van der Waals surface area contributed by atoms with Crippen molar-refractivity contribution in [3.8, 4) is 0 Å². The molecule has 0 spiro atoms. The maximum atomic E-state index is 11.5. The Kier molecular flexibility index (Phi) is 4.28. The van der Waals surface area contributed by atoms with E-state index in [9.17, 15) is 14.4 Å². The molecule has 0 aromatic carbocycles. The van der Waals surface area contributed by atoms with Crippen LogP contribution in [0.4, 0.5) is 0 Å². The van der Waals surface area contributed by atoms with Crippen LogP contribution in [0.15, 0.2) is 0 Å². The van der Waals surface area contributed by atoms with Gasteiger partial charge in [0.05, 0.1) is 0 Å². The van der Waals surface area contributed by atoms with Crippen LogP contribution in [-0.2, 0) is 14.4 Å². The molecule has 1 aliphatic rings. The van der Waals surface area contributed by atoms with Crippen molar-refractivity contribution in [1.82, 2.24) is 4.90 Å². The van der Waals surface area contributed by atoms with Gasteiger partial charge in [-0.2, -0.15) is 0 Å². The molecule has 0 aromatic heterocycles. The van der Waals surface area contributed by atoms with Crippen LogP contribution in [0.1, 0.15) is 19.3 Å². The second-order valence-electron chi connectivity index (χ2n) is 3.63. The normalized spacial score (nSPS) is 22.2. The molecule has 2 atom stereocenters. The Morgan fingerprint density at radius 3 is 2.50 bits per heavy atom. The lowest BCUT2D eigenvalue weighted by molar-refractivity contribution is -0.149. The lowest BCUT2D eigenvalue weighted by Crippen LogP contribution is -2.42. The minimum absolute atomic E-state index is 0.0494. The van der Waals surface area contributed by atoms with Gasteiger partial charge in [-0.05, 0) is 6.42 Å². The topological polar surface area (TPSA) is 94.9 Å². The van der Waals surface area contributed by atoms with Gasteiger partial charge in [0, 0.05) is 24.2 Å². The van der Waals surface area contributed by atoms with E-state index in [0.717, 1.165) is 0 Å². The number of carboxylic acids is 2. The zero-order chi connectivity index (χ0) is 12.3. The van der Waals surface area contributed by atoms with Crippen molar-refractivity contribution in [3.63, 3.8) is 0 Å². The third kappa shape index (κ3) is 3.19. The van der Waals surface area contributed by atoms with E-state index in [1.165, 1.54) is 4.90 Å². The standard InChI is InChI=1S/C9H12BrNO5/c10-5-3-7(12)11(4-5)6(9(15)16)1-2-8(13)14/h5-6H,1-4H2,(H,13,14)(H,15,16)/t5?,6-/m0/s1.